The number of rotatable bonds is 5. The fraction of sp³-hybridized carbons (Fsp3) is 0.478. The topological polar surface area (TPSA) is 52.7 Å². The molecule has 1 aromatic carbocycles. The average Bonchev–Trinajstić information content (AvgIpc) is 2.73. The molecule has 2 atom stereocenters. The molecule has 0 amide bonds. The molecule has 1 aliphatic carbocycles. The lowest BCUT2D eigenvalue weighted by atomic mass is 9.82. The predicted octanol–water partition coefficient (Wildman–Crippen LogP) is 3.24. The molecule has 4 heteroatoms. The lowest BCUT2D eigenvalue weighted by Crippen LogP contribution is -2.54. The summed E-state index contributed by atoms with van der Waals surface area (Å²) in [4.78, 5) is 4.89. The second-order valence-electron chi connectivity index (χ2n) is 7.62. The standard InChI is InChI=1S/C23H33N3O/c1-4-17(3)21-15-22(23(27)14-19(21)5-2)26-11-9-25(10-12-26)20-8-6-7-18(13-20)16-24/h4-8,13,22-23,27H,2,9-12,14-16,24H2,1,3H3/b17-4-. The molecule has 1 aromatic rings. The Bertz CT molecular complexity index is 729. The monoisotopic (exact) mass is 367 g/mol. The molecule has 0 aromatic heterocycles. The Labute approximate surface area is 163 Å². The number of anilines is 1. The maximum Gasteiger partial charge on any atom is 0.0739 e. The lowest BCUT2D eigenvalue weighted by molar-refractivity contribution is 0.0408. The minimum atomic E-state index is -0.321. The molecule has 0 spiro atoms. The molecular formula is C23H33N3O. The van der Waals surface area contributed by atoms with Gasteiger partial charge in [-0.3, -0.25) is 4.90 Å². The fourth-order valence-corrected chi connectivity index (χ4v) is 4.32. The third-order valence-corrected chi connectivity index (χ3v) is 6.12. The fourth-order valence-electron chi connectivity index (χ4n) is 4.32. The minimum absolute atomic E-state index is 0.191. The Morgan fingerprint density at radius 3 is 2.63 bits per heavy atom. The number of nitrogens with zero attached hydrogens (tertiary/aromatic N) is 2. The minimum Gasteiger partial charge on any atom is -0.391 e. The summed E-state index contributed by atoms with van der Waals surface area (Å²) in [6.45, 7) is 12.7. The summed E-state index contributed by atoms with van der Waals surface area (Å²) in [6, 6.07) is 8.71. The van der Waals surface area contributed by atoms with Crippen LogP contribution in [0.1, 0.15) is 32.3 Å². The van der Waals surface area contributed by atoms with Crippen molar-refractivity contribution in [3.63, 3.8) is 0 Å². The molecule has 0 bridgehead atoms. The largest absolute Gasteiger partial charge is 0.391 e. The maximum atomic E-state index is 10.8. The van der Waals surface area contributed by atoms with E-state index in [0.29, 0.717) is 13.0 Å². The van der Waals surface area contributed by atoms with Gasteiger partial charge in [-0.05, 0) is 49.1 Å². The van der Waals surface area contributed by atoms with Gasteiger partial charge in [-0.25, -0.2) is 0 Å². The van der Waals surface area contributed by atoms with Crippen LogP contribution in [0.15, 0.2) is 59.7 Å². The Kier molecular flexibility index (Phi) is 6.53. The van der Waals surface area contributed by atoms with Crippen molar-refractivity contribution in [2.45, 2.75) is 45.4 Å². The van der Waals surface area contributed by atoms with Gasteiger partial charge in [-0.2, -0.15) is 0 Å². The van der Waals surface area contributed by atoms with E-state index in [0.717, 1.165) is 32.6 Å². The summed E-state index contributed by atoms with van der Waals surface area (Å²) in [5.74, 6) is 0. The average molecular weight is 368 g/mol. The van der Waals surface area contributed by atoms with Crippen molar-refractivity contribution in [2.75, 3.05) is 31.1 Å². The number of piperazine rings is 1. The highest BCUT2D eigenvalue weighted by Crippen LogP contribution is 2.34. The molecule has 4 nitrogen and oxygen atoms in total. The predicted molar refractivity (Wildman–Crippen MR) is 114 cm³/mol. The van der Waals surface area contributed by atoms with E-state index in [-0.39, 0.29) is 12.1 Å². The van der Waals surface area contributed by atoms with Crippen LogP contribution in [-0.2, 0) is 6.54 Å². The number of aliphatic hydroxyl groups excluding tert-OH is 1. The molecule has 27 heavy (non-hydrogen) atoms. The lowest BCUT2D eigenvalue weighted by Gasteiger charge is -2.44. The van der Waals surface area contributed by atoms with Crippen molar-refractivity contribution >= 4 is 5.69 Å². The summed E-state index contributed by atoms with van der Waals surface area (Å²) < 4.78 is 0. The molecule has 2 unspecified atom stereocenters. The van der Waals surface area contributed by atoms with Crippen molar-refractivity contribution in [3.8, 4) is 0 Å². The normalized spacial score (nSPS) is 25.0. The van der Waals surface area contributed by atoms with Crippen LogP contribution < -0.4 is 10.6 Å². The van der Waals surface area contributed by atoms with E-state index >= 15 is 0 Å². The van der Waals surface area contributed by atoms with E-state index in [4.69, 9.17) is 5.73 Å². The zero-order valence-electron chi connectivity index (χ0n) is 16.7. The molecule has 0 radical (unpaired) electrons. The molecule has 146 valence electrons. The van der Waals surface area contributed by atoms with Crippen LogP contribution in [0.25, 0.3) is 0 Å². The first-order chi connectivity index (χ1) is 13.1. The number of benzene rings is 1. The van der Waals surface area contributed by atoms with Crippen LogP contribution in [-0.4, -0.2) is 48.3 Å². The summed E-state index contributed by atoms with van der Waals surface area (Å²) in [7, 11) is 0. The highest BCUT2D eigenvalue weighted by Gasteiger charge is 2.34. The van der Waals surface area contributed by atoms with Crippen LogP contribution in [0.3, 0.4) is 0 Å². The van der Waals surface area contributed by atoms with E-state index in [1.165, 1.54) is 28.0 Å². The second kappa shape index (κ2) is 8.87. The zero-order chi connectivity index (χ0) is 19.4. The van der Waals surface area contributed by atoms with E-state index in [9.17, 15) is 5.11 Å². The van der Waals surface area contributed by atoms with Crippen molar-refractivity contribution in [1.82, 2.24) is 4.90 Å². The van der Waals surface area contributed by atoms with E-state index in [2.05, 4.69) is 60.6 Å². The molecule has 1 heterocycles. The van der Waals surface area contributed by atoms with Crippen LogP contribution in [0.2, 0.25) is 0 Å². The van der Waals surface area contributed by atoms with Crippen LogP contribution in [0, 0.1) is 0 Å². The Balaban J connectivity index is 1.68. The highest BCUT2D eigenvalue weighted by molar-refractivity contribution is 5.49. The number of hydrogen-bond acceptors (Lipinski definition) is 4. The van der Waals surface area contributed by atoms with Gasteiger partial charge in [0.05, 0.1) is 6.10 Å². The smallest absolute Gasteiger partial charge is 0.0739 e. The SMILES string of the molecule is C=CC1=C(/C(C)=C\C)CC(N2CCN(c3cccc(CN)c3)CC2)C(O)C1. The Morgan fingerprint density at radius 2 is 2.00 bits per heavy atom. The molecule has 0 saturated carbocycles. The van der Waals surface area contributed by atoms with Gasteiger partial charge in [-0.1, -0.05) is 36.4 Å². The van der Waals surface area contributed by atoms with Gasteiger partial charge >= 0.3 is 0 Å². The number of hydrogen-bond donors (Lipinski definition) is 2. The van der Waals surface area contributed by atoms with Gasteiger partial charge in [0.25, 0.3) is 0 Å². The third-order valence-electron chi connectivity index (χ3n) is 6.12. The second-order valence-corrected chi connectivity index (χ2v) is 7.62. The highest BCUT2D eigenvalue weighted by atomic mass is 16.3. The first-order valence-electron chi connectivity index (χ1n) is 10.0. The summed E-state index contributed by atoms with van der Waals surface area (Å²) in [5, 5.41) is 10.8. The number of aliphatic hydroxyl groups is 1. The van der Waals surface area contributed by atoms with Crippen molar-refractivity contribution in [2.24, 2.45) is 5.73 Å². The molecule has 1 saturated heterocycles. The molecule has 2 aliphatic rings. The molecule has 3 rings (SSSR count). The third kappa shape index (κ3) is 4.34. The van der Waals surface area contributed by atoms with Crippen LogP contribution >= 0.6 is 0 Å². The first kappa shape index (κ1) is 19.9. The van der Waals surface area contributed by atoms with Gasteiger partial charge in [0.1, 0.15) is 0 Å². The zero-order valence-corrected chi connectivity index (χ0v) is 16.7. The van der Waals surface area contributed by atoms with Gasteiger partial charge < -0.3 is 15.7 Å². The molecule has 1 fully saturated rings. The Hall–Kier alpha value is -1.88. The van der Waals surface area contributed by atoms with Crippen molar-refractivity contribution in [1.29, 1.82) is 0 Å². The van der Waals surface area contributed by atoms with Gasteiger partial charge in [0.15, 0.2) is 0 Å². The van der Waals surface area contributed by atoms with E-state index in [1.807, 2.05) is 6.08 Å². The van der Waals surface area contributed by atoms with Gasteiger partial charge in [0.2, 0.25) is 0 Å². The van der Waals surface area contributed by atoms with Crippen molar-refractivity contribution in [3.05, 3.63) is 65.3 Å². The molecule has 1 aliphatic heterocycles. The van der Waals surface area contributed by atoms with Gasteiger partial charge in [0, 0.05) is 50.9 Å². The van der Waals surface area contributed by atoms with Crippen LogP contribution in [0.4, 0.5) is 5.69 Å². The Morgan fingerprint density at radius 1 is 1.26 bits per heavy atom. The summed E-state index contributed by atoms with van der Waals surface area (Å²) in [5.41, 5.74) is 12.1. The first-order valence-corrected chi connectivity index (χ1v) is 10.0. The molecule has 3 N–H and O–H groups in total. The summed E-state index contributed by atoms with van der Waals surface area (Å²) >= 11 is 0. The quantitative estimate of drug-likeness (QED) is 0.839. The van der Waals surface area contributed by atoms with E-state index in [1.54, 1.807) is 0 Å². The summed E-state index contributed by atoms with van der Waals surface area (Å²) in [6.07, 6.45) is 5.37. The maximum absolute atomic E-state index is 10.8. The van der Waals surface area contributed by atoms with Crippen LogP contribution in [0.5, 0.6) is 0 Å². The molecular weight excluding hydrogens is 334 g/mol. The van der Waals surface area contributed by atoms with Crippen molar-refractivity contribution < 1.29 is 5.11 Å². The number of allylic oxidation sites excluding steroid dienone is 3. The number of nitrogens with two attached hydrogens (primary N) is 1. The van der Waals surface area contributed by atoms with E-state index < -0.39 is 0 Å². The van der Waals surface area contributed by atoms with Gasteiger partial charge in [-0.15, -0.1) is 0 Å².